The van der Waals surface area contributed by atoms with E-state index in [2.05, 4.69) is 27.8 Å². The third kappa shape index (κ3) is 2.50. The standard InChI is InChI=1S/C11H19N5O2/c1-2-3-7-16-9(13-14-15-16)8-12-11(10(17)18)5-4-6-11/h12H,2-8H2,1H3,(H,17,18). The maximum absolute atomic E-state index is 11.2. The van der Waals surface area contributed by atoms with Crippen LogP contribution in [0.1, 0.15) is 44.9 Å². The number of unbranched alkanes of at least 4 members (excludes halogenated alkanes) is 1. The van der Waals surface area contributed by atoms with Crippen LogP contribution in [-0.4, -0.2) is 36.8 Å². The minimum Gasteiger partial charge on any atom is -0.480 e. The van der Waals surface area contributed by atoms with Crippen molar-refractivity contribution >= 4 is 5.97 Å². The lowest BCUT2D eigenvalue weighted by molar-refractivity contribution is -0.148. The smallest absolute Gasteiger partial charge is 0.323 e. The molecule has 0 aliphatic heterocycles. The highest BCUT2D eigenvalue weighted by molar-refractivity contribution is 5.79. The predicted molar refractivity (Wildman–Crippen MR) is 63.8 cm³/mol. The molecule has 2 rings (SSSR count). The van der Waals surface area contributed by atoms with Gasteiger partial charge in [0.2, 0.25) is 0 Å². The predicted octanol–water partition coefficient (Wildman–Crippen LogP) is 0.570. The lowest BCUT2D eigenvalue weighted by Crippen LogP contribution is -2.56. The molecule has 100 valence electrons. The van der Waals surface area contributed by atoms with Crippen LogP contribution < -0.4 is 5.32 Å². The molecule has 0 amide bonds. The lowest BCUT2D eigenvalue weighted by Gasteiger charge is -2.38. The maximum atomic E-state index is 11.2. The Morgan fingerprint density at radius 1 is 1.56 bits per heavy atom. The summed E-state index contributed by atoms with van der Waals surface area (Å²) in [6, 6.07) is 0. The van der Waals surface area contributed by atoms with Gasteiger partial charge >= 0.3 is 5.97 Å². The molecule has 1 saturated carbocycles. The number of carbonyl (C=O) groups is 1. The Hall–Kier alpha value is -1.50. The quantitative estimate of drug-likeness (QED) is 0.738. The van der Waals surface area contributed by atoms with Crippen LogP contribution in [0.5, 0.6) is 0 Å². The molecule has 1 fully saturated rings. The van der Waals surface area contributed by atoms with Crippen LogP contribution in [0.15, 0.2) is 0 Å². The number of aromatic nitrogens is 4. The zero-order valence-electron chi connectivity index (χ0n) is 10.6. The SMILES string of the molecule is CCCCn1nnnc1CNC1(C(=O)O)CCC1. The van der Waals surface area contributed by atoms with Gasteiger partial charge < -0.3 is 5.11 Å². The first kappa shape index (κ1) is 12.9. The molecular weight excluding hydrogens is 234 g/mol. The minimum atomic E-state index is -0.777. The molecular formula is C11H19N5O2. The van der Waals surface area contributed by atoms with Crippen molar-refractivity contribution < 1.29 is 9.90 Å². The van der Waals surface area contributed by atoms with E-state index in [4.69, 9.17) is 0 Å². The summed E-state index contributed by atoms with van der Waals surface area (Å²) in [6.45, 7) is 3.29. The van der Waals surface area contributed by atoms with Gasteiger partial charge in [0.25, 0.3) is 0 Å². The number of carboxylic acids is 1. The summed E-state index contributed by atoms with van der Waals surface area (Å²) in [4.78, 5) is 11.2. The van der Waals surface area contributed by atoms with Crippen molar-refractivity contribution in [2.75, 3.05) is 0 Å². The fraction of sp³-hybridized carbons (Fsp3) is 0.818. The first-order chi connectivity index (χ1) is 8.68. The number of aryl methyl sites for hydroxylation is 1. The topological polar surface area (TPSA) is 92.9 Å². The van der Waals surface area contributed by atoms with Gasteiger partial charge in [0.05, 0.1) is 6.54 Å². The van der Waals surface area contributed by atoms with Crippen molar-refractivity contribution in [1.82, 2.24) is 25.5 Å². The fourth-order valence-corrected chi connectivity index (χ4v) is 2.08. The van der Waals surface area contributed by atoms with Gasteiger partial charge in [-0.25, -0.2) is 4.68 Å². The number of nitrogens with one attached hydrogen (secondary N) is 1. The van der Waals surface area contributed by atoms with Crippen LogP contribution in [-0.2, 0) is 17.9 Å². The maximum Gasteiger partial charge on any atom is 0.323 e. The van der Waals surface area contributed by atoms with Gasteiger partial charge in [0.1, 0.15) is 5.54 Å². The van der Waals surface area contributed by atoms with Crippen molar-refractivity contribution in [2.45, 2.75) is 57.7 Å². The van der Waals surface area contributed by atoms with Crippen LogP contribution in [0.25, 0.3) is 0 Å². The largest absolute Gasteiger partial charge is 0.480 e. The van der Waals surface area contributed by atoms with Gasteiger partial charge in [-0.2, -0.15) is 0 Å². The van der Waals surface area contributed by atoms with E-state index in [1.807, 2.05) is 0 Å². The van der Waals surface area contributed by atoms with Gasteiger partial charge in [-0.15, -0.1) is 5.10 Å². The average Bonchev–Trinajstić information content (AvgIpc) is 2.72. The van der Waals surface area contributed by atoms with Crippen molar-refractivity contribution in [1.29, 1.82) is 0 Å². The van der Waals surface area contributed by atoms with Crippen molar-refractivity contribution in [3.05, 3.63) is 5.82 Å². The van der Waals surface area contributed by atoms with Gasteiger partial charge in [-0.05, 0) is 36.1 Å². The summed E-state index contributed by atoms with van der Waals surface area (Å²) < 4.78 is 1.74. The number of aliphatic carboxylic acids is 1. The summed E-state index contributed by atoms with van der Waals surface area (Å²) >= 11 is 0. The highest BCUT2D eigenvalue weighted by Gasteiger charge is 2.44. The molecule has 2 N–H and O–H groups in total. The number of hydrogen-bond acceptors (Lipinski definition) is 5. The number of nitrogens with zero attached hydrogens (tertiary/aromatic N) is 4. The molecule has 0 unspecified atom stereocenters. The molecule has 7 nitrogen and oxygen atoms in total. The van der Waals surface area contributed by atoms with E-state index in [0.717, 1.165) is 25.8 Å². The third-order valence-corrected chi connectivity index (χ3v) is 3.53. The van der Waals surface area contributed by atoms with Crippen molar-refractivity contribution in [3.8, 4) is 0 Å². The Morgan fingerprint density at radius 3 is 2.89 bits per heavy atom. The fourth-order valence-electron chi connectivity index (χ4n) is 2.08. The molecule has 1 aliphatic rings. The lowest BCUT2D eigenvalue weighted by atomic mass is 9.77. The number of carboxylic acid groups (broad SMARTS) is 1. The van der Waals surface area contributed by atoms with Crippen LogP contribution in [0.4, 0.5) is 0 Å². The van der Waals surface area contributed by atoms with Crippen LogP contribution >= 0.6 is 0 Å². The molecule has 1 aromatic heterocycles. The average molecular weight is 253 g/mol. The highest BCUT2D eigenvalue weighted by atomic mass is 16.4. The van der Waals surface area contributed by atoms with Crippen LogP contribution in [0.3, 0.4) is 0 Å². The molecule has 0 aromatic carbocycles. The molecule has 0 saturated heterocycles. The van der Waals surface area contributed by atoms with Gasteiger partial charge in [0, 0.05) is 6.54 Å². The molecule has 0 radical (unpaired) electrons. The molecule has 1 aliphatic carbocycles. The Kier molecular flexibility index (Phi) is 3.90. The summed E-state index contributed by atoms with van der Waals surface area (Å²) in [6.07, 6.45) is 4.41. The minimum absolute atomic E-state index is 0.406. The second-order valence-electron chi connectivity index (χ2n) is 4.77. The van der Waals surface area contributed by atoms with E-state index >= 15 is 0 Å². The molecule has 1 aromatic rings. The van der Waals surface area contributed by atoms with Crippen LogP contribution in [0, 0.1) is 0 Å². The van der Waals surface area contributed by atoms with Crippen molar-refractivity contribution in [3.63, 3.8) is 0 Å². The second-order valence-corrected chi connectivity index (χ2v) is 4.77. The van der Waals surface area contributed by atoms with Gasteiger partial charge in [-0.3, -0.25) is 10.1 Å². The van der Waals surface area contributed by atoms with E-state index in [-0.39, 0.29) is 0 Å². The number of tetrazole rings is 1. The first-order valence-electron chi connectivity index (χ1n) is 6.41. The van der Waals surface area contributed by atoms with Gasteiger partial charge in [0.15, 0.2) is 5.82 Å². The number of hydrogen-bond donors (Lipinski definition) is 2. The Morgan fingerprint density at radius 2 is 2.33 bits per heavy atom. The Labute approximate surface area is 106 Å². The van der Waals surface area contributed by atoms with E-state index in [0.29, 0.717) is 25.2 Å². The molecule has 0 spiro atoms. The zero-order valence-corrected chi connectivity index (χ0v) is 10.6. The van der Waals surface area contributed by atoms with E-state index in [9.17, 15) is 9.90 Å². The van der Waals surface area contributed by atoms with Crippen molar-refractivity contribution in [2.24, 2.45) is 0 Å². The van der Waals surface area contributed by atoms with Gasteiger partial charge in [-0.1, -0.05) is 13.3 Å². The second kappa shape index (κ2) is 5.43. The van der Waals surface area contributed by atoms with E-state index in [1.165, 1.54) is 0 Å². The molecule has 7 heteroatoms. The summed E-state index contributed by atoms with van der Waals surface area (Å²) in [5.74, 6) is -0.0719. The van der Waals surface area contributed by atoms with E-state index in [1.54, 1.807) is 4.68 Å². The zero-order chi connectivity index (χ0) is 13.0. The van der Waals surface area contributed by atoms with E-state index < -0.39 is 11.5 Å². The third-order valence-electron chi connectivity index (χ3n) is 3.53. The monoisotopic (exact) mass is 253 g/mol. The Balaban J connectivity index is 1.93. The summed E-state index contributed by atoms with van der Waals surface area (Å²) in [5.41, 5.74) is -0.762. The highest BCUT2D eigenvalue weighted by Crippen LogP contribution is 2.32. The normalized spacial score (nSPS) is 17.4. The molecule has 18 heavy (non-hydrogen) atoms. The molecule has 1 heterocycles. The molecule has 0 bridgehead atoms. The first-order valence-corrected chi connectivity index (χ1v) is 6.41. The number of rotatable bonds is 7. The molecule has 0 atom stereocenters. The summed E-state index contributed by atoms with van der Waals surface area (Å²) in [7, 11) is 0. The van der Waals surface area contributed by atoms with Crippen LogP contribution in [0.2, 0.25) is 0 Å². The summed E-state index contributed by atoms with van der Waals surface area (Å²) in [5, 5.41) is 23.8. The Bertz CT molecular complexity index is 413.